The maximum atomic E-state index is 5.66. The molecule has 1 rings (SSSR count). The van der Waals surface area contributed by atoms with Gasteiger partial charge in [-0.25, -0.2) is 0 Å². The number of hydrogen-bond acceptors (Lipinski definition) is 5. The van der Waals surface area contributed by atoms with E-state index in [1.165, 1.54) is 0 Å². The van der Waals surface area contributed by atoms with Crippen LogP contribution in [0.1, 0.15) is 12.5 Å². The monoisotopic (exact) mass is 226 g/mol. The molecule has 1 unspecified atom stereocenters. The standard InChI is InChI=1S/C10H18N4S/c1-8(7-15-3)14(2)10-9(6-11)4-5-12-13-10/h4-5,8H,6-7,11H2,1-3H3. The predicted octanol–water partition coefficient (Wildman–Crippen LogP) is 1.12. The van der Waals surface area contributed by atoms with E-state index in [0.717, 1.165) is 17.1 Å². The largest absolute Gasteiger partial charge is 0.354 e. The fourth-order valence-corrected chi connectivity index (χ4v) is 2.07. The van der Waals surface area contributed by atoms with Crippen molar-refractivity contribution in [3.05, 3.63) is 17.8 Å². The van der Waals surface area contributed by atoms with Gasteiger partial charge >= 0.3 is 0 Å². The van der Waals surface area contributed by atoms with Gasteiger partial charge in [-0.15, -0.1) is 5.10 Å². The first-order valence-electron chi connectivity index (χ1n) is 4.93. The first-order chi connectivity index (χ1) is 7.20. The van der Waals surface area contributed by atoms with Gasteiger partial charge in [0, 0.05) is 31.0 Å². The SMILES string of the molecule is CSCC(C)N(C)c1nnccc1CN. The molecule has 0 saturated heterocycles. The minimum Gasteiger partial charge on any atom is -0.354 e. The zero-order chi connectivity index (χ0) is 11.3. The van der Waals surface area contributed by atoms with Crippen molar-refractivity contribution in [2.24, 2.45) is 5.73 Å². The van der Waals surface area contributed by atoms with Crippen molar-refractivity contribution in [3.8, 4) is 0 Å². The lowest BCUT2D eigenvalue weighted by Crippen LogP contribution is -2.32. The van der Waals surface area contributed by atoms with Crippen LogP contribution < -0.4 is 10.6 Å². The molecular weight excluding hydrogens is 208 g/mol. The van der Waals surface area contributed by atoms with Crippen LogP contribution in [-0.2, 0) is 6.54 Å². The molecule has 1 heterocycles. The third-order valence-electron chi connectivity index (χ3n) is 2.41. The Morgan fingerprint density at radius 3 is 2.93 bits per heavy atom. The lowest BCUT2D eigenvalue weighted by molar-refractivity contribution is 0.735. The van der Waals surface area contributed by atoms with Crippen LogP contribution in [-0.4, -0.2) is 35.3 Å². The molecule has 0 saturated carbocycles. The molecule has 4 nitrogen and oxygen atoms in total. The Hall–Kier alpha value is -0.810. The van der Waals surface area contributed by atoms with E-state index in [2.05, 4.69) is 28.3 Å². The number of aromatic nitrogens is 2. The molecule has 0 fully saturated rings. The van der Waals surface area contributed by atoms with Gasteiger partial charge in [0.05, 0.1) is 6.20 Å². The summed E-state index contributed by atoms with van der Waals surface area (Å²) in [5.74, 6) is 1.96. The van der Waals surface area contributed by atoms with Gasteiger partial charge in [0.25, 0.3) is 0 Å². The Balaban J connectivity index is 2.84. The summed E-state index contributed by atoms with van der Waals surface area (Å²) in [7, 11) is 2.03. The second-order valence-corrected chi connectivity index (χ2v) is 4.41. The van der Waals surface area contributed by atoms with Crippen molar-refractivity contribution in [3.63, 3.8) is 0 Å². The molecule has 0 bridgehead atoms. The van der Waals surface area contributed by atoms with E-state index in [0.29, 0.717) is 12.6 Å². The second-order valence-electron chi connectivity index (χ2n) is 3.50. The van der Waals surface area contributed by atoms with Crippen LogP contribution in [0.4, 0.5) is 5.82 Å². The van der Waals surface area contributed by atoms with E-state index in [-0.39, 0.29) is 0 Å². The van der Waals surface area contributed by atoms with E-state index in [1.807, 2.05) is 24.9 Å². The van der Waals surface area contributed by atoms with Gasteiger partial charge in [0.2, 0.25) is 0 Å². The van der Waals surface area contributed by atoms with Crippen molar-refractivity contribution in [2.45, 2.75) is 19.5 Å². The summed E-state index contributed by atoms with van der Waals surface area (Å²) in [4.78, 5) is 2.13. The van der Waals surface area contributed by atoms with Gasteiger partial charge in [0.15, 0.2) is 5.82 Å². The summed E-state index contributed by atoms with van der Waals surface area (Å²) in [6.07, 6.45) is 3.78. The summed E-state index contributed by atoms with van der Waals surface area (Å²) < 4.78 is 0. The molecule has 1 aromatic rings. The molecule has 0 aromatic carbocycles. The predicted molar refractivity (Wildman–Crippen MR) is 66.2 cm³/mol. The quantitative estimate of drug-likeness (QED) is 0.815. The summed E-state index contributed by atoms with van der Waals surface area (Å²) in [5, 5.41) is 8.04. The molecule has 0 aliphatic carbocycles. The first-order valence-corrected chi connectivity index (χ1v) is 6.32. The van der Waals surface area contributed by atoms with Crippen LogP contribution in [0.3, 0.4) is 0 Å². The zero-order valence-electron chi connectivity index (χ0n) is 9.47. The Kier molecular flexibility index (Phi) is 4.84. The summed E-state index contributed by atoms with van der Waals surface area (Å²) in [6, 6.07) is 2.35. The summed E-state index contributed by atoms with van der Waals surface area (Å²) in [6.45, 7) is 2.67. The van der Waals surface area contributed by atoms with Crippen LogP contribution >= 0.6 is 11.8 Å². The molecule has 1 aromatic heterocycles. The molecular formula is C10H18N4S. The fraction of sp³-hybridized carbons (Fsp3) is 0.600. The van der Waals surface area contributed by atoms with Gasteiger partial charge in [0.1, 0.15) is 0 Å². The maximum Gasteiger partial charge on any atom is 0.155 e. The molecule has 15 heavy (non-hydrogen) atoms. The number of hydrogen-bond donors (Lipinski definition) is 1. The Morgan fingerprint density at radius 2 is 2.33 bits per heavy atom. The van der Waals surface area contributed by atoms with Gasteiger partial charge in [-0.3, -0.25) is 0 Å². The molecule has 2 N–H and O–H groups in total. The fourth-order valence-electron chi connectivity index (χ4n) is 1.37. The molecule has 0 radical (unpaired) electrons. The summed E-state index contributed by atoms with van der Waals surface area (Å²) >= 11 is 1.83. The molecule has 0 aliphatic heterocycles. The molecule has 1 atom stereocenters. The number of nitrogens with zero attached hydrogens (tertiary/aromatic N) is 3. The Labute approximate surface area is 95.3 Å². The van der Waals surface area contributed by atoms with Crippen LogP contribution in [0.15, 0.2) is 12.3 Å². The van der Waals surface area contributed by atoms with Crippen LogP contribution in [0, 0.1) is 0 Å². The molecule has 0 spiro atoms. The third kappa shape index (κ3) is 3.07. The average molecular weight is 226 g/mol. The highest BCUT2D eigenvalue weighted by atomic mass is 32.2. The number of anilines is 1. The van der Waals surface area contributed by atoms with Crippen LogP contribution in [0.2, 0.25) is 0 Å². The van der Waals surface area contributed by atoms with Gasteiger partial charge in [-0.2, -0.15) is 16.9 Å². The highest BCUT2D eigenvalue weighted by Gasteiger charge is 2.13. The molecule has 5 heteroatoms. The minimum absolute atomic E-state index is 0.432. The topological polar surface area (TPSA) is 55.0 Å². The third-order valence-corrected chi connectivity index (χ3v) is 3.22. The molecule has 84 valence electrons. The van der Waals surface area contributed by atoms with Crippen molar-refractivity contribution >= 4 is 17.6 Å². The van der Waals surface area contributed by atoms with Crippen molar-refractivity contribution in [1.29, 1.82) is 0 Å². The number of thioether (sulfide) groups is 1. The van der Waals surface area contributed by atoms with E-state index in [9.17, 15) is 0 Å². The second kappa shape index (κ2) is 5.92. The lowest BCUT2D eigenvalue weighted by atomic mass is 10.2. The first kappa shape index (κ1) is 12.3. The zero-order valence-corrected chi connectivity index (χ0v) is 10.3. The van der Waals surface area contributed by atoms with Crippen LogP contribution in [0.5, 0.6) is 0 Å². The molecule has 0 aliphatic rings. The van der Waals surface area contributed by atoms with E-state index in [1.54, 1.807) is 6.20 Å². The van der Waals surface area contributed by atoms with E-state index < -0.39 is 0 Å². The Morgan fingerprint density at radius 1 is 1.60 bits per heavy atom. The Bertz CT molecular complexity index is 305. The van der Waals surface area contributed by atoms with Gasteiger partial charge < -0.3 is 10.6 Å². The lowest BCUT2D eigenvalue weighted by Gasteiger charge is -2.26. The maximum absolute atomic E-state index is 5.66. The van der Waals surface area contributed by atoms with Gasteiger partial charge in [-0.05, 0) is 19.2 Å². The van der Waals surface area contributed by atoms with Gasteiger partial charge in [-0.1, -0.05) is 0 Å². The van der Waals surface area contributed by atoms with E-state index >= 15 is 0 Å². The van der Waals surface area contributed by atoms with Crippen LogP contribution in [0.25, 0.3) is 0 Å². The number of rotatable bonds is 5. The smallest absolute Gasteiger partial charge is 0.155 e. The highest BCUT2D eigenvalue weighted by Crippen LogP contribution is 2.17. The normalized spacial score (nSPS) is 12.5. The van der Waals surface area contributed by atoms with E-state index in [4.69, 9.17) is 5.73 Å². The highest BCUT2D eigenvalue weighted by molar-refractivity contribution is 7.98. The minimum atomic E-state index is 0.432. The van der Waals surface area contributed by atoms with Crippen molar-refractivity contribution < 1.29 is 0 Å². The van der Waals surface area contributed by atoms with Crippen molar-refractivity contribution in [2.75, 3.05) is 24.0 Å². The number of nitrogens with two attached hydrogens (primary N) is 1. The van der Waals surface area contributed by atoms with Crippen molar-refractivity contribution in [1.82, 2.24) is 10.2 Å². The average Bonchev–Trinajstić information content (AvgIpc) is 2.28. The summed E-state index contributed by atoms with van der Waals surface area (Å²) in [5.41, 5.74) is 6.70. The molecule has 0 amide bonds.